The number of nitrogens with zero attached hydrogens (tertiary/aromatic N) is 3. The van der Waals surface area contributed by atoms with Gasteiger partial charge in [-0.3, -0.25) is 0 Å². The molecule has 5 rings (SSSR count). The van der Waals surface area contributed by atoms with E-state index in [1.165, 1.54) is 23.2 Å². The highest BCUT2D eigenvalue weighted by Crippen LogP contribution is 2.39. The Labute approximate surface area is 242 Å². The van der Waals surface area contributed by atoms with Crippen molar-refractivity contribution in [3.63, 3.8) is 0 Å². The molecule has 0 aliphatic carbocycles. The van der Waals surface area contributed by atoms with E-state index in [0.717, 1.165) is 12.1 Å². The smallest absolute Gasteiger partial charge is 0.407 e. The number of carbonyl (C=O) groups excluding carboxylic acids is 2. The number of alkyl carbamates (subject to hydrolysis) is 1. The zero-order valence-electron chi connectivity index (χ0n) is 24.0. The lowest BCUT2D eigenvalue weighted by atomic mass is 9.94. The molecule has 0 aromatic heterocycles. The highest BCUT2D eigenvalue weighted by atomic mass is 19.1. The molecule has 1 aromatic rings. The number of benzene rings is 1. The first-order chi connectivity index (χ1) is 19.9. The molecule has 4 unspecified atom stereocenters. The Hall–Kier alpha value is -3.58. The minimum absolute atomic E-state index is 0.0186. The molecule has 4 aliphatic heterocycles. The van der Waals surface area contributed by atoms with Crippen LogP contribution in [0, 0.1) is 11.6 Å². The third-order valence-electron chi connectivity index (χ3n) is 7.18. The van der Waals surface area contributed by atoms with Gasteiger partial charge in [0.15, 0.2) is 12.0 Å². The highest BCUT2D eigenvalue weighted by Gasteiger charge is 2.49. The molecule has 2 saturated heterocycles. The Morgan fingerprint density at radius 1 is 1.26 bits per heavy atom. The zero-order chi connectivity index (χ0) is 30.2. The number of hydrogen-bond acceptors (Lipinski definition) is 9. The minimum atomic E-state index is -1.60. The van der Waals surface area contributed by atoms with E-state index in [9.17, 15) is 18.4 Å². The van der Waals surface area contributed by atoms with Gasteiger partial charge in [-0.05, 0) is 51.5 Å². The maximum absolute atomic E-state index is 15.6. The van der Waals surface area contributed by atoms with Gasteiger partial charge in [-0.1, -0.05) is 0 Å². The van der Waals surface area contributed by atoms with Crippen molar-refractivity contribution in [2.75, 3.05) is 37.7 Å². The van der Waals surface area contributed by atoms with E-state index in [2.05, 4.69) is 10.3 Å². The van der Waals surface area contributed by atoms with Crippen molar-refractivity contribution < 1.29 is 41.7 Å². The first-order valence-corrected chi connectivity index (χ1v) is 13.9. The molecule has 228 valence electrons. The van der Waals surface area contributed by atoms with Crippen LogP contribution in [0.15, 0.2) is 46.6 Å². The van der Waals surface area contributed by atoms with Crippen LogP contribution in [-0.4, -0.2) is 85.5 Å². The molecular formula is C29H35F3N4O6. The Bertz CT molecular complexity index is 1330. The number of likely N-dealkylation sites (tertiary alicyclic amines) is 1. The van der Waals surface area contributed by atoms with Crippen molar-refractivity contribution in [1.29, 1.82) is 0 Å². The lowest BCUT2D eigenvalue weighted by molar-refractivity contribution is -0.154. The maximum atomic E-state index is 15.6. The number of fused-ring (bicyclic) bond motifs is 1. The Kier molecular flexibility index (Phi) is 8.26. The van der Waals surface area contributed by atoms with Gasteiger partial charge in [-0.2, -0.15) is 0 Å². The monoisotopic (exact) mass is 592 g/mol. The largest absolute Gasteiger partial charge is 0.463 e. The first-order valence-electron chi connectivity index (χ1n) is 13.9. The summed E-state index contributed by atoms with van der Waals surface area (Å²) in [6.07, 6.45) is -0.129. The summed E-state index contributed by atoms with van der Waals surface area (Å²) in [6.45, 7) is 8.11. The van der Waals surface area contributed by atoms with Crippen LogP contribution in [0.5, 0.6) is 0 Å². The lowest BCUT2D eigenvalue weighted by Gasteiger charge is -2.39. The van der Waals surface area contributed by atoms with Crippen LogP contribution in [-0.2, 0) is 23.7 Å². The van der Waals surface area contributed by atoms with Crippen LogP contribution < -0.4 is 10.2 Å². The van der Waals surface area contributed by atoms with E-state index in [-0.39, 0.29) is 49.8 Å². The van der Waals surface area contributed by atoms with E-state index in [1.807, 2.05) is 0 Å². The van der Waals surface area contributed by atoms with Gasteiger partial charge >= 0.3 is 12.1 Å². The SMILES string of the molecule is CCOC(=O)C1=CN(c2ccc(F)cc2F)C2N=C(N3CCC4(C3)OCC(CNC(=O)OC(C)(C)C)O4)C(F)C=C2C1. The van der Waals surface area contributed by atoms with Gasteiger partial charge in [0.2, 0.25) is 0 Å². The predicted molar refractivity (Wildman–Crippen MR) is 146 cm³/mol. The summed E-state index contributed by atoms with van der Waals surface area (Å²) < 4.78 is 66.8. The van der Waals surface area contributed by atoms with E-state index in [0.29, 0.717) is 18.5 Å². The maximum Gasteiger partial charge on any atom is 0.407 e. The van der Waals surface area contributed by atoms with E-state index >= 15 is 4.39 Å². The Balaban J connectivity index is 1.33. The summed E-state index contributed by atoms with van der Waals surface area (Å²) in [7, 11) is 0. The summed E-state index contributed by atoms with van der Waals surface area (Å²) in [5.74, 6) is -3.10. The van der Waals surface area contributed by atoms with Crippen LogP contribution in [0.1, 0.15) is 40.5 Å². The fourth-order valence-electron chi connectivity index (χ4n) is 5.41. The number of halogens is 3. The van der Waals surface area contributed by atoms with Crippen LogP contribution in [0.4, 0.5) is 23.7 Å². The number of anilines is 1. The molecule has 10 nitrogen and oxygen atoms in total. The third kappa shape index (κ3) is 6.41. The standard InChI is InChI=1S/C29H35F3N4O6/c1-5-39-26(37)18-10-17-11-22(32)25(34-24(17)36(14-18)23-7-6-19(30)12-21(23)31)35-9-8-29(16-35)40-15-20(41-29)13-33-27(38)42-28(2,3)4/h6-7,11-12,14,20,22,24H,5,8-10,13,15-16H2,1-4H3,(H,33,38). The Morgan fingerprint density at radius 3 is 2.76 bits per heavy atom. The van der Waals surface area contributed by atoms with Crippen LogP contribution >= 0.6 is 0 Å². The minimum Gasteiger partial charge on any atom is -0.463 e. The first kappa shape index (κ1) is 29.9. The normalized spacial score (nSPS) is 27.3. The molecule has 4 aliphatic rings. The van der Waals surface area contributed by atoms with Gasteiger partial charge in [-0.25, -0.2) is 27.8 Å². The number of amides is 1. The fourth-order valence-corrected chi connectivity index (χ4v) is 5.41. The Morgan fingerprint density at radius 2 is 2.05 bits per heavy atom. The third-order valence-corrected chi connectivity index (χ3v) is 7.18. The molecule has 1 spiro atoms. The van der Waals surface area contributed by atoms with Gasteiger partial charge in [0.25, 0.3) is 0 Å². The van der Waals surface area contributed by atoms with Crippen molar-refractivity contribution in [1.82, 2.24) is 10.2 Å². The van der Waals surface area contributed by atoms with Gasteiger partial charge in [0, 0.05) is 38.2 Å². The highest BCUT2D eigenvalue weighted by molar-refractivity contribution is 5.93. The van der Waals surface area contributed by atoms with E-state index < -0.39 is 53.5 Å². The molecule has 0 bridgehead atoms. The van der Waals surface area contributed by atoms with Gasteiger partial charge in [0.1, 0.15) is 35.3 Å². The molecule has 4 heterocycles. The van der Waals surface area contributed by atoms with Gasteiger partial charge in [-0.15, -0.1) is 0 Å². The number of amidine groups is 1. The average Bonchev–Trinajstić information content (AvgIpc) is 3.51. The number of carbonyl (C=O) groups is 2. The summed E-state index contributed by atoms with van der Waals surface area (Å²) in [5, 5.41) is 2.68. The number of aliphatic imine (C=N–C) groups is 1. The van der Waals surface area contributed by atoms with E-state index in [1.54, 1.807) is 32.6 Å². The zero-order valence-corrected chi connectivity index (χ0v) is 24.0. The molecule has 0 saturated carbocycles. The summed E-state index contributed by atoms with van der Waals surface area (Å²) in [5.41, 5.74) is 0.00762. The number of rotatable bonds is 5. The van der Waals surface area contributed by atoms with Crippen molar-refractivity contribution in [2.24, 2.45) is 4.99 Å². The van der Waals surface area contributed by atoms with Crippen LogP contribution in [0.2, 0.25) is 0 Å². The molecule has 13 heteroatoms. The number of ether oxygens (including phenoxy) is 4. The topological polar surface area (TPSA) is 102 Å². The molecule has 4 atom stereocenters. The molecule has 42 heavy (non-hydrogen) atoms. The predicted octanol–water partition coefficient (Wildman–Crippen LogP) is 3.97. The number of esters is 1. The summed E-state index contributed by atoms with van der Waals surface area (Å²) in [6, 6.07) is 3.09. The molecule has 2 fully saturated rings. The molecular weight excluding hydrogens is 557 g/mol. The quantitative estimate of drug-likeness (QED) is 0.405. The number of nitrogens with one attached hydrogen (secondary N) is 1. The second-order valence-electron chi connectivity index (χ2n) is 11.6. The van der Waals surface area contributed by atoms with Gasteiger partial charge < -0.3 is 34.1 Å². The van der Waals surface area contributed by atoms with Crippen molar-refractivity contribution >= 4 is 23.6 Å². The average molecular weight is 593 g/mol. The van der Waals surface area contributed by atoms with Crippen molar-refractivity contribution in [2.45, 2.75) is 70.4 Å². The number of hydrogen-bond donors (Lipinski definition) is 1. The number of dihydropyridines is 1. The molecule has 0 radical (unpaired) electrons. The summed E-state index contributed by atoms with van der Waals surface area (Å²) >= 11 is 0. The van der Waals surface area contributed by atoms with Crippen molar-refractivity contribution in [3.8, 4) is 0 Å². The fraction of sp³-hybridized carbons (Fsp3) is 0.552. The van der Waals surface area contributed by atoms with E-state index in [4.69, 9.17) is 18.9 Å². The second kappa shape index (κ2) is 11.6. The van der Waals surface area contributed by atoms with Crippen LogP contribution in [0.25, 0.3) is 0 Å². The van der Waals surface area contributed by atoms with Crippen molar-refractivity contribution in [3.05, 3.63) is 53.3 Å². The summed E-state index contributed by atoms with van der Waals surface area (Å²) in [4.78, 5) is 32.4. The van der Waals surface area contributed by atoms with Gasteiger partial charge in [0.05, 0.1) is 31.0 Å². The number of alkyl halides is 1. The lowest BCUT2D eigenvalue weighted by Crippen LogP contribution is -2.46. The second-order valence-corrected chi connectivity index (χ2v) is 11.6. The molecule has 1 N–H and O–H groups in total. The molecule has 1 aromatic carbocycles. The van der Waals surface area contributed by atoms with Crippen LogP contribution in [0.3, 0.4) is 0 Å². The molecule has 1 amide bonds.